The second-order valence-electron chi connectivity index (χ2n) is 5.65. The number of rotatable bonds is 3. The van der Waals surface area contributed by atoms with Gasteiger partial charge in [0.2, 0.25) is 0 Å². The van der Waals surface area contributed by atoms with Crippen LogP contribution >= 0.6 is 0 Å². The maximum atomic E-state index is 13.1. The molecule has 19 heavy (non-hydrogen) atoms. The SMILES string of the molecule is CC1CCCC(CN)(NC(=O)c2cccc(F)c2)C1. The zero-order chi connectivity index (χ0) is 13.9. The van der Waals surface area contributed by atoms with Gasteiger partial charge in [-0.2, -0.15) is 0 Å². The molecule has 3 nitrogen and oxygen atoms in total. The number of hydrogen-bond acceptors (Lipinski definition) is 2. The Labute approximate surface area is 113 Å². The van der Waals surface area contributed by atoms with Crippen LogP contribution in [0.5, 0.6) is 0 Å². The fraction of sp³-hybridized carbons (Fsp3) is 0.533. The summed E-state index contributed by atoms with van der Waals surface area (Å²) in [6, 6.07) is 5.75. The Kier molecular flexibility index (Phi) is 4.20. The Morgan fingerprint density at radius 1 is 1.58 bits per heavy atom. The molecule has 4 heteroatoms. The molecule has 2 rings (SSSR count). The zero-order valence-electron chi connectivity index (χ0n) is 11.3. The van der Waals surface area contributed by atoms with Gasteiger partial charge in [-0.25, -0.2) is 4.39 Å². The standard InChI is InChI=1S/C15H21FN2O/c1-11-4-3-7-15(9-11,10-17)18-14(19)12-5-2-6-13(16)8-12/h2,5-6,8,11H,3-4,7,9-10,17H2,1H3,(H,18,19). The van der Waals surface area contributed by atoms with Crippen molar-refractivity contribution in [2.75, 3.05) is 6.54 Å². The average molecular weight is 264 g/mol. The zero-order valence-corrected chi connectivity index (χ0v) is 11.3. The van der Waals surface area contributed by atoms with E-state index in [1.54, 1.807) is 12.1 Å². The molecule has 0 spiro atoms. The molecule has 1 aromatic rings. The number of nitrogens with two attached hydrogens (primary N) is 1. The van der Waals surface area contributed by atoms with Gasteiger partial charge >= 0.3 is 0 Å². The highest BCUT2D eigenvalue weighted by Gasteiger charge is 2.35. The molecule has 1 amide bonds. The summed E-state index contributed by atoms with van der Waals surface area (Å²) in [5, 5.41) is 3.03. The minimum absolute atomic E-state index is 0.237. The molecule has 1 aromatic carbocycles. The molecule has 0 radical (unpaired) electrons. The van der Waals surface area contributed by atoms with E-state index in [4.69, 9.17) is 5.73 Å². The summed E-state index contributed by atoms with van der Waals surface area (Å²) in [5.74, 6) is -0.0735. The molecule has 2 unspecified atom stereocenters. The van der Waals surface area contributed by atoms with Gasteiger partial charge in [-0.3, -0.25) is 4.79 Å². The highest BCUT2D eigenvalue weighted by atomic mass is 19.1. The van der Waals surface area contributed by atoms with Crippen molar-refractivity contribution in [3.05, 3.63) is 35.6 Å². The fourth-order valence-electron chi connectivity index (χ4n) is 2.95. The molecule has 1 aliphatic rings. The Morgan fingerprint density at radius 2 is 2.37 bits per heavy atom. The van der Waals surface area contributed by atoms with E-state index in [9.17, 15) is 9.18 Å². The van der Waals surface area contributed by atoms with Crippen LogP contribution in [0.4, 0.5) is 4.39 Å². The lowest BCUT2D eigenvalue weighted by atomic mass is 9.76. The van der Waals surface area contributed by atoms with Gasteiger partial charge in [-0.05, 0) is 37.0 Å². The van der Waals surface area contributed by atoms with Gasteiger partial charge in [-0.1, -0.05) is 25.8 Å². The average Bonchev–Trinajstić information content (AvgIpc) is 2.38. The summed E-state index contributed by atoms with van der Waals surface area (Å²) in [6.45, 7) is 2.61. The van der Waals surface area contributed by atoms with Gasteiger partial charge < -0.3 is 11.1 Å². The predicted octanol–water partition coefficient (Wildman–Crippen LogP) is 2.46. The molecule has 1 saturated carbocycles. The smallest absolute Gasteiger partial charge is 0.251 e. The molecule has 104 valence electrons. The van der Waals surface area contributed by atoms with Crippen molar-refractivity contribution in [1.29, 1.82) is 0 Å². The van der Waals surface area contributed by atoms with Gasteiger partial charge in [0.1, 0.15) is 5.82 Å². The van der Waals surface area contributed by atoms with Crippen LogP contribution < -0.4 is 11.1 Å². The number of halogens is 1. The maximum Gasteiger partial charge on any atom is 0.251 e. The topological polar surface area (TPSA) is 55.1 Å². The molecule has 1 aliphatic carbocycles. The third-order valence-electron chi connectivity index (χ3n) is 3.95. The Bertz CT molecular complexity index is 463. The van der Waals surface area contributed by atoms with E-state index in [1.807, 2.05) is 0 Å². The van der Waals surface area contributed by atoms with E-state index in [0.29, 0.717) is 18.0 Å². The normalized spacial score (nSPS) is 27.0. The van der Waals surface area contributed by atoms with Crippen molar-refractivity contribution < 1.29 is 9.18 Å². The monoisotopic (exact) mass is 264 g/mol. The molecule has 0 aromatic heterocycles. The van der Waals surface area contributed by atoms with Crippen molar-refractivity contribution >= 4 is 5.91 Å². The highest BCUT2D eigenvalue weighted by molar-refractivity contribution is 5.94. The summed E-state index contributed by atoms with van der Waals surface area (Å²) in [6.07, 6.45) is 4.04. The van der Waals surface area contributed by atoms with Crippen molar-refractivity contribution in [1.82, 2.24) is 5.32 Å². The van der Waals surface area contributed by atoms with E-state index < -0.39 is 5.82 Å². The third-order valence-corrected chi connectivity index (χ3v) is 3.95. The molecule has 0 heterocycles. The van der Waals surface area contributed by atoms with E-state index >= 15 is 0 Å². The first-order valence-electron chi connectivity index (χ1n) is 6.83. The first-order chi connectivity index (χ1) is 9.04. The summed E-state index contributed by atoms with van der Waals surface area (Å²) >= 11 is 0. The Morgan fingerprint density at radius 3 is 3.00 bits per heavy atom. The van der Waals surface area contributed by atoms with Crippen molar-refractivity contribution in [2.24, 2.45) is 11.7 Å². The number of nitrogens with one attached hydrogen (secondary N) is 1. The number of carbonyl (C=O) groups excluding carboxylic acids is 1. The Hall–Kier alpha value is -1.42. The van der Waals surface area contributed by atoms with Crippen LogP contribution in [0.25, 0.3) is 0 Å². The predicted molar refractivity (Wildman–Crippen MR) is 73.3 cm³/mol. The lowest BCUT2D eigenvalue weighted by Gasteiger charge is -2.40. The number of carbonyl (C=O) groups is 1. The molecule has 0 bridgehead atoms. The van der Waals surface area contributed by atoms with E-state index in [-0.39, 0.29) is 11.4 Å². The first-order valence-corrected chi connectivity index (χ1v) is 6.83. The van der Waals surface area contributed by atoms with E-state index in [2.05, 4.69) is 12.2 Å². The van der Waals surface area contributed by atoms with Crippen molar-refractivity contribution in [3.8, 4) is 0 Å². The number of amides is 1. The van der Waals surface area contributed by atoms with Crippen LogP contribution in [-0.2, 0) is 0 Å². The lowest BCUT2D eigenvalue weighted by Crippen LogP contribution is -2.56. The fourth-order valence-corrected chi connectivity index (χ4v) is 2.95. The first kappa shape index (κ1) is 14.0. The lowest BCUT2D eigenvalue weighted by molar-refractivity contribution is 0.0853. The molecule has 2 atom stereocenters. The summed E-state index contributed by atoms with van der Waals surface area (Å²) in [7, 11) is 0. The minimum Gasteiger partial charge on any atom is -0.345 e. The molecule has 1 fully saturated rings. The molecular weight excluding hydrogens is 243 g/mol. The van der Waals surface area contributed by atoms with Gasteiger partial charge in [-0.15, -0.1) is 0 Å². The third kappa shape index (κ3) is 3.32. The summed E-state index contributed by atoms with van der Waals surface area (Å²) in [5.41, 5.74) is 5.89. The molecule has 0 saturated heterocycles. The second kappa shape index (κ2) is 5.70. The molecular formula is C15H21FN2O. The van der Waals surface area contributed by atoms with E-state index in [1.165, 1.54) is 18.6 Å². The highest BCUT2D eigenvalue weighted by Crippen LogP contribution is 2.31. The largest absolute Gasteiger partial charge is 0.345 e. The number of hydrogen-bond donors (Lipinski definition) is 2. The van der Waals surface area contributed by atoms with Crippen LogP contribution in [0, 0.1) is 11.7 Å². The van der Waals surface area contributed by atoms with Crippen molar-refractivity contribution in [2.45, 2.75) is 38.1 Å². The van der Waals surface area contributed by atoms with Gasteiger partial charge in [0, 0.05) is 12.1 Å². The van der Waals surface area contributed by atoms with Gasteiger partial charge in [0.25, 0.3) is 5.91 Å². The quantitative estimate of drug-likeness (QED) is 0.881. The van der Waals surface area contributed by atoms with Crippen LogP contribution in [0.1, 0.15) is 43.0 Å². The maximum absolute atomic E-state index is 13.1. The van der Waals surface area contributed by atoms with Crippen LogP contribution in [0.15, 0.2) is 24.3 Å². The second-order valence-corrected chi connectivity index (χ2v) is 5.65. The summed E-state index contributed by atoms with van der Waals surface area (Å²) in [4.78, 5) is 12.2. The van der Waals surface area contributed by atoms with E-state index in [0.717, 1.165) is 19.3 Å². The molecule has 3 N–H and O–H groups in total. The van der Waals surface area contributed by atoms with Crippen LogP contribution in [-0.4, -0.2) is 18.0 Å². The van der Waals surface area contributed by atoms with Crippen molar-refractivity contribution in [3.63, 3.8) is 0 Å². The van der Waals surface area contributed by atoms with Gasteiger partial charge in [0.05, 0.1) is 5.54 Å². The molecule has 0 aliphatic heterocycles. The summed E-state index contributed by atoms with van der Waals surface area (Å²) < 4.78 is 13.1. The number of benzene rings is 1. The Balaban J connectivity index is 2.12. The van der Waals surface area contributed by atoms with Crippen LogP contribution in [0.2, 0.25) is 0 Å². The van der Waals surface area contributed by atoms with Crippen LogP contribution in [0.3, 0.4) is 0 Å². The van der Waals surface area contributed by atoms with Gasteiger partial charge in [0.15, 0.2) is 0 Å². The minimum atomic E-state index is -0.397.